The number of rotatable bonds is 7. The summed E-state index contributed by atoms with van der Waals surface area (Å²) in [5, 5.41) is -7.95. The first-order valence-electron chi connectivity index (χ1n) is 8.21. The van der Waals surface area contributed by atoms with Crippen LogP contribution in [0.2, 0.25) is 0 Å². The number of aliphatic imine (C=N–C) groups is 1. The van der Waals surface area contributed by atoms with E-state index in [1.165, 1.54) is 6.54 Å². The van der Waals surface area contributed by atoms with Crippen LogP contribution >= 0.6 is 0 Å². The van der Waals surface area contributed by atoms with Gasteiger partial charge >= 0.3 is 47.0 Å². The number of alkyl halides is 17. The van der Waals surface area contributed by atoms with E-state index in [1.54, 1.807) is 0 Å². The minimum atomic E-state index is -8.92. The summed E-state index contributed by atoms with van der Waals surface area (Å²) >= 11 is 0. The molecule has 0 atom stereocenters. The summed E-state index contributed by atoms with van der Waals surface area (Å²) in [6.45, 7) is 2.17. The Morgan fingerprint density at radius 1 is 0.639 bits per heavy atom. The number of hydrogen-bond acceptors (Lipinski definition) is 4. The SMILES string of the molecule is C[N+]1(C)C=NCC1.O=S(=O)([O-])C(F)(F)C(F)(F)C(F)(F)C(F)(F)C(F)(F)C(F)(F)C(F)(F)C(F)(F)F. The Bertz CT molecular complexity index is 940. The van der Waals surface area contributed by atoms with Crippen molar-refractivity contribution in [3.05, 3.63) is 0 Å². The lowest BCUT2D eigenvalue weighted by Gasteiger charge is -2.42. The van der Waals surface area contributed by atoms with E-state index in [4.69, 9.17) is 0 Å². The van der Waals surface area contributed by atoms with Gasteiger partial charge < -0.3 is 4.55 Å². The molecular weight excluding hydrogens is 587 g/mol. The van der Waals surface area contributed by atoms with E-state index in [1.807, 2.05) is 6.34 Å². The van der Waals surface area contributed by atoms with Crippen LogP contribution in [-0.2, 0) is 10.1 Å². The van der Waals surface area contributed by atoms with Crippen molar-refractivity contribution >= 4 is 16.5 Å². The van der Waals surface area contributed by atoms with E-state index < -0.39 is 57.1 Å². The summed E-state index contributed by atoms with van der Waals surface area (Å²) in [6.07, 6.45) is -5.91. The average molecular weight is 598 g/mol. The van der Waals surface area contributed by atoms with E-state index in [0.717, 1.165) is 11.0 Å². The molecule has 0 fully saturated rings. The number of quaternary nitrogens is 1. The lowest BCUT2D eigenvalue weighted by atomic mass is 9.91. The van der Waals surface area contributed by atoms with Gasteiger partial charge in [0.2, 0.25) is 0 Å². The van der Waals surface area contributed by atoms with Crippen molar-refractivity contribution in [1.82, 2.24) is 0 Å². The summed E-state index contributed by atoms with van der Waals surface area (Å²) < 4.78 is 245. The van der Waals surface area contributed by atoms with Crippen LogP contribution in [0.3, 0.4) is 0 Å². The minimum absolute atomic E-state index is 0.958. The molecule has 0 bridgehead atoms. The Balaban J connectivity index is 0.00000148. The highest BCUT2D eigenvalue weighted by Gasteiger charge is 2.95. The fourth-order valence-electron chi connectivity index (χ4n) is 1.96. The monoisotopic (exact) mass is 598 g/mol. The van der Waals surface area contributed by atoms with Crippen LogP contribution in [0.25, 0.3) is 0 Å². The maximum Gasteiger partial charge on any atom is 0.460 e. The first-order chi connectivity index (χ1) is 15.2. The molecule has 0 aliphatic carbocycles. The first kappa shape index (κ1) is 34.4. The van der Waals surface area contributed by atoms with E-state index in [0.29, 0.717) is 0 Å². The standard InChI is InChI=1S/C8HF17O3S.C5H11N2/c9-1(10,3(13,14)5(17,18)7(21,22)23)2(11,12)4(15,16)6(19,20)8(24,25)29(26,27)28;1-7(2)4-3-6-5-7/h(H,26,27,28);5H,3-4H2,1-2H3/q;+1/p-1. The second-order valence-electron chi connectivity index (χ2n) is 7.44. The van der Waals surface area contributed by atoms with Gasteiger partial charge in [-0.1, -0.05) is 0 Å². The van der Waals surface area contributed by atoms with Crippen molar-refractivity contribution in [2.24, 2.45) is 4.99 Å². The molecule has 0 radical (unpaired) electrons. The van der Waals surface area contributed by atoms with Crippen molar-refractivity contribution < 1.29 is 92.1 Å². The zero-order valence-corrected chi connectivity index (χ0v) is 17.8. The molecule has 1 aliphatic heterocycles. The van der Waals surface area contributed by atoms with Gasteiger partial charge in [0.1, 0.15) is 6.54 Å². The molecule has 0 aromatic carbocycles. The maximum absolute atomic E-state index is 13.0. The number of hydrogen-bond donors (Lipinski definition) is 0. The molecule has 0 aromatic rings. The fourth-order valence-corrected chi connectivity index (χ4v) is 2.40. The van der Waals surface area contributed by atoms with Crippen LogP contribution in [0.4, 0.5) is 74.6 Å². The third kappa shape index (κ3) is 5.05. The van der Waals surface area contributed by atoms with Crippen LogP contribution in [0, 0.1) is 0 Å². The molecule has 0 aromatic heterocycles. The van der Waals surface area contributed by atoms with Crippen LogP contribution in [0.1, 0.15) is 0 Å². The van der Waals surface area contributed by atoms with Crippen molar-refractivity contribution in [1.29, 1.82) is 0 Å². The van der Waals surface area contributed by atoms with Crippen LogP contribution < -0.4 is 0 Å². The van der Waals surface area contributed by atoms with Crippen molar-refractivity contribution in [3.63, 3.8) is 0 Å². The van der Waals surface area contributed by atoms with Crippen molar-refractivity contribution in [2.45, 2.75) is 47.0 Å². The Morgan fingerprint density at radius 3 is 1.14 bits per heavy atom. The van der Waals surface area contributed by atoms with Gasteiger partial charge in [0.25, 0.3) is 0 Å². The smallest absolute Gasteiger partial charge is 0.460 e. The van der Waals surface area contributed by atoms with Crippen LogP contribution in [0.15, 0.2) is 4.99 Å². The van der Waals surface area contributed by atoms with Gasteiger partial charge in [-0.05, 0) is 0 Å². The molecule has 0 amide bonds. The highest BCUT2D eigenvalue weighted by Crippen LogP contribution is 2.64. The Labute approximate surface area is 188 Å². The highest BCUT2D eigenvalue weighted by molar-refractivity contribution is 7.86. The molecule has 0 saturated heterocycles. The summed E-state index contributed by atoms with van der Waals surface area (Å²) in [7, 11) is -3.84. The molecular formula is C13H11F17N2O3S. The topological polar surface area (TPSA) is 69.6 Å². The number of halogens is 17. The molecule has 0 unspecified atom stereocenters. The van der Waals surface area contributed by atoms with Crippen molar-refractivity contribution in [3.8, 4) is 0 Å². The summed E-state index contributed by atoms with van der Waals surface area (Å²) in [4.78, 5) is 4.08. The van der Waals surface area contributed by atoms with Crippen LogP contribution in [0.5, 0.6) is 0 Å². The molecule has 1 heterocycles. The predicted molar refractivity (Wildman–Crippen MR) is 80.7 cm³/mol. The lowest BCUT2D eigenvalue weighted by Crippen LogP contribution is -2.75. The van der Waals surface area contributed by atoms with E-state index in [9.17, 15) is 87.6 Å². The van der Waals surface area contributed by atoms with Gasteiger partial charge in [-0.15, -0.1) is 0 Å². The maximum atomic E-state index is 13.0. The molecule has 1 rings (SSSR count). The molecule has 216 valence electrons. The zero-order chi connectivity index (χ0) is 29.8. The third-order valence-corrected chi connectivity index (χ3v) is 5.09. The van der Waals surface area contributed by atoms with Gasteiger partial charge in [0.15, 0.2) is 16.5 Å². The summed E-state index contributed by atoms with van der Waals surface area (Å²) in [6, 6.07) is 0. The van der Waals surface area contributed by atoms with Crippen LogP contribution in [-0.4, -0.2) is 97.9 Å². The van der Waals surface area contributed by atoms with Gasteiger partial charge in [0, 0.05) is 0 Å². The molecule has 1 aliphatic rings. The second kappa shape index (κ2) is 8.98. The van der Waals surface area contributed by atoms with E-state index in [2.05, 4.69) is 19.1 Å². The van der Waals surface area contributed by atoms with Gasteiger partial charge in [-0.25, -0.2) is 13.4 Å². The minimum Gasteiger partial charge on any atom is -0.743 e. The number of nitrogens with zero attached hydrogens (tertiary/aromatic N) is 2. The molecule has 0 saturated carbocycles. The molecule has 36 heavy (non-hydrogen) atoms. The molecule has 0 spiro atoms. The second-order valence-corrected chi connectivity index (χ2v) is 8.86. The largest absolute Gasteiger partial charge is 0.743 e. The summed E-state index contributed by atoms with van der Waals surface area (Å²) in [5.41, 5.74) is 0. The normalized spacial score (nSPS) is 18.7. The van der Waals surface area contributed by atoms with Gasteiger partial charge in [0.05, 0.1) is 20.6 Å². The summed E-state index contributed by atoms with van der Waals surface area (Å²) in [5.74, 6) is -52.1. The molecule has 23 heteroatoms. The third-order valence-electron chi connectivity index (χ3n) is 4.21. The molecule has 0 N–H and O–H groups in total. The lowest BCUT2D eigenvalue weighted by molar-refractivity contribution is -0.784. The zero-order valence-electron chi connectivity index (χ0n) is 16.9. The quantitative estimate of drug-likeness (QED) is 0.245. The van der Waals surface area contributed by atoms with E-state index in [-0.39, 0.29) is 0 Å². The Morgan fingerprint density at radius 2 is 0.944 bits per heavy atom. The number of likely N-dealkylation sites (N-methyl/N-ethyl adjacent to an activating group) is 1. The van der Waals surface area contributed by atoms with E-state index >= 15 is 0 Å². The van der Waals surface area contributed by atoms with Crippen molar-refractivity contribution in [2.75, 3.05) is 27.2 Å². The Hall–Kier alpha value is -1.65. The fraction of sp³-hybridized carbons (Fsp3) is 0.923. The van der Waals surface area contributed by atoms with Gasteiger partial charge in [-0.3, -0.25) is 4.48 Å². The highest BCUT2D eigenvalue weighted by atomic mass is 32.2. The Kier molecular flexibility index (Phi) is 8.57. The first-order valence-corrected chi connectivity index (χ1v) is 9.62. The predicted octanol–water partition coefficient (Wildman–Crippen LogP) is 4.60. The van der Waals surface area contributed by atoms with Gasteiger partial charge in [-0.2, -0.15) is 74.6 Å². The average Bonchev–Trinajstić information content (AvgIpc) is 3.03. The molecule has 5 nitrogen and oxygen atoms in total.